The van der Waals surface area contributed by atoms with Gasteiger partial charge in [-0.2, -0.15) is 0 Å². The van der Waals surface area contributed by atoms with Gasteiger partial charge in [-0.05, 0) is 31.2 Å². The molecule has 0 unspecified atom stereocenters. The first-order valence-electron chi connectivity index (χ1n) is 6.78. The lowest BCUT2D eigenvalue weighted by Crippen LogP contribution is -2.13. The fourth-order valence-corrected chi connectivity index (χ4v) is 2.01. The Bertz CT molecular complexity index is 715. The topological polar surface area (TPSA) is 78.7 Å². The Labute approximate surface area is 137 Å². The third-order valence-electron chi connectivity index (χ3n) is 2.98. The van der Waals surface area contributed by atoms with E-state index in [1.165, 1.54) is 18.2 Å². The number of esters is 1. The number of halogens is 1. The van der Waals surface area contributed by atoms with Crippen LogP contribution in [-0.4, -0.2) is 24.1 Å². The van der Waals surface area contributed by atoms with Gasteiger partial charge >= 0.3 is 5.97 Å². The Morgan fingerprint density at radius 2 is 1.87 bits per heavy atom. The van der Waals surface area contributed by atoms with Crippen molar-refractivity contribution in [3.63, 3.8) is 0 Å². The Morgan fingerprint density at radius 3 is 2.52 bits per heavy atom. The number of rotatable bonds is 6. The van der Waals surface area contributed by atoms with Crippen molar-refractivity contribution in [3.8, 4) is 5.75 Å². The van der Waals surface area contributed by atoms with Gasteiger partial charge in [-0.1, -0.05) is 29.3 Å². The van der Waals surface area contributed by atoms with Crippen LogP contribution in [0, 0.1) is 17.0 Å². The molecule has 0 heterocycles. The number of aryl methyl sites for hydroxylation is 1. The van der Waals surface area contributed by atoms with Crippen molar-refractivity contribution >= 4 is 23.3 Å². The fraction of sp³-hybridized carbons (Fsp3) is 0.188. The number of ether oxygens (including phenoxy) is 2. The molecular weight excluding hydrogens is 322 g/mol. The second kappa shape index (κ2) is 7.60. The van der Waals surface area contributed by atoms with Crippen molar-refractivity contribution in [1.82, 2.24) is 0 Å². The van der Waals surface area contributed by atoms with Gasteiger partial charge in [0.1, 0.15) is 24.5 Å². The van der Waals surface area contributed by atoms with E-state index >= 15 is 0 Å². The van der Waals surface area contributed by atoms with Gasteiger partial charge in [-0.25, -0.2) is 4.79 Å². The maximum absolute atomic E-state index is 11.9. The summed E-state index contributed by atoms with van der Waals surface area (Å²) < 4.78 is 10.4. The lowest BCUT2D eigenvalue weighted by molar-refractivity contribution is -0.385. The molecule has 2 aromatic rings. The Balaban J connectivity index is 1.91. The maximum atomic E-state index is 11.9. The van der Waals surface area contributed by atoms with Gasteiger partial charge < -0.3 is 9.47 Å². The summed E-state index contributed by atoms with van der Waals surface area (Å²) in [6.45, 7) is 2.07. The molecular formula is C16H14ClNO5. The van der Waals surface area contributed by atoms with Gasteiger partial charge in [0.2, 0.25) is 0 Å². The standard InChI is InChI=1S/C16H14ClNO5/c1-11-2-5-13(6-3-11)22-8-9-23-16(19)14-10-12(17)4-7-15(14)18(20)21/h2-7,10H,8-9H2,1H3. The van der Waals surface area contributed by atoms with E-state index in [0.717, 1.165) is 5.56 Å². The maximum Gasteiger partial charge on any atom is 0.345 e. The van der Waals surface area contributed by atoms with E-state index in [2.05, 4.69) is 0 Å². The Hall–Kier alpha value is -2.60. The van der Waals surface area contributed by atoms with Gasteiger partial charge in [0, 0.05) is 11.1 Å². The second-order valence-corrected chi connectivity index (χ2v) is 5.15. The highest BCUT2D eigenvalue weighted by molar-refractivity contribution is 6.31. The fourth-order valence-electron chi connectivity index (χ4n) is 1.84. The van der Waals surface area contributed by atoms with Gasteiger partial charge in [-0.15, -0.1) is 0 Å². The lowest BCUT2D eigenvalue weighted by atomic mass is 10.2. The summed E-state index contributed by atoms with van der Waals surface area (Å²) in [5.74, 6) is -0.160. The highest BCUT2D eigenvalue weighted by atomic mass is 35.5. The van der Waals surface area contributed by atoms with Gasteiger partial charge in [0.25, 0.3) is 5.69 Å². The molecule has 6 nitrogen and oxygen atoms in total. The molecule has 0 saturated carbocycles. The summed E-state index contributed by atoms with van der Waals surface area (Å²) in [6.07, 6.45) is 0. The first-order chi connectivity index (χ1) is 11.0. The average molecular weight is 336 g/mol. The molecule has 23 heavy (non-hydrogen) atoms. The van der Waals surface area contributed by atoms with E-state index in [-0.39, 0.29) is 29.5 Å². The zero-order valence-corrected chi connectivity index (χ0v) is 13.1. The quantitative estimate of drug-likeness (QED) is 0.347. The molecule has 0 aliphatic carbocycles. The summed E-state index contributed by atoms with van der Waals surface area (Å²) in [5, 5.41) is 11.1. The predicted molar refractivity (Wildman–Crippen MR) is 85.1 cm³/mol. The summed E-state index contributed by atoms with van der Waals surface area (Å²) >= 11 is 5.76. The first-order valence-corrected chi connectivity index (χ1v) is 7.15. The van der Waals surface area contributed by atoms with E-state index in [9.17, 15) is 14.9 Å². The minimum Gasteiger partial charge on any atom is -0.490 e. The molecule has 0 aromatic heterocycles. The predicted octanol–water partition coefficient (Wildman–Crippen LogP) is 3.79. The summed E-state index contributed by atoms with van der Waals surface area (Å²) in [7, 11) is 0. The van der Waals surface area contributed by atoms with Crippen LogP contribution in [0.2, 0.25) is 5.02 Å². The van der Waals surface area contributed by atoms with Crippen LogP contribution < -0.4 is 4.74 Å². The highest BCUT2D eigenvalue weighted by Gasteiger charge is 2.21. The second-order valence-electron chi connectivity index (χ2n) is 4.72. The molecule has 0 spiro atoms. The average Bonchev–Trinajstić information content (AvgIpc) is 2.52. The van der Waals surface area contributed by atoms with Crippen LogP contribution in [0.4, 0.5) is 5.69 Å². The van der Waals surface area contributed by atoms with E-state index < -0.39 is 10.9 Å². The molecule has 2 rings (SSSR count). The van der Waals surface area contributed by atoms with Crippen LogP contribution in [0.3, 0.4) is 0 Å². The lowest BCUT2D eigenvalue weighted by Gasteiger charge is -2.08. The van der Waals surface area contributed by atoms with Crippen LogP contribution >= 0.6 is 11.6 Å². The molecule has 0 fully saturated rings. The summed E-state index contributed by atoms with van der Waals surface area (Å²) in [5.41, 5.74) is 0.578. The normalized spacial score (nSPS) is 10.2. The van der Waals surface area contributed by atoms with Gasteiger partial charge in [-0.3, -0.25) is 10.1 Å². The number of hydrogen-bond donors (Lipinski definition) is 0. The molecule has 0 N–H and O–H groups in total. The van der Waals surface area contributed by atoms with E-state index in [1.54, 1.807) is 12.1 Å². The van der Waals surface area contributed by atoms with Crippen LogP contribution in [0.25, 0.3) is 0 Å². The highest BCUT2D eigenvalue weighted by Crippen LogP contribution is 2.23. The molecule has 120 valence electrons. The third kappa shape index (κ3) is 4.69. The molecule has 0 amide bonds. The van der Waals surface area contributed by atoms with Crippen molar-refractivity contribution in [3.05, 3.63) is 68.7 Å². The number of nitro groups is 1. The minimum atomic E-state index is -0.813. The van der Waals surface area contributed by atoms with Crippen LogP contribution in [-0.2, 0) is 4.74 Å². The number of hydrogen-bond acceptors (Lipinski definition) is 5. The molecule has 0 aliphatic heterocycles. The Kier molecular flexibility index (Phi) is 5.54. The molecule has 7 heteroatoms. The largest absolute Gasteiger partial charge is 0.490 e. The zero-order chi connectivity index (χ0) is 16.8. The minimum absolute atomic E-state index is 0.0314. The zero-order valence-electron chi connectivity index (χ0n) is 12.3. The number of benzene rings is 2. The first kappa shape index (κ1) is 16.8. The molecule has 2 aromatic carbocycles. The third-order valence-corrected chi connectivity index (χ3v) is 3.22. The van der Waals surface area contributed by atoms with E-state index in [1.807, 2.05) is 19.1 Å². The number of nitro benzene ring substituents is 1. The molecule has 0 saturated heterocycles. The monoisotopic (exact) mass is 335 g/mol. The van der Waals surface area contributed by atoms with Crippen molar-refractivity contribution in [1.29, 1.82) is 0 Å². The molecule has 0 radical (unpaired) electrons. The van der Waals surface area contributed by atoms with Crippen LogP contribution in [0.15, 0.2) is 42.5 Å². The van der Waals surface area contributed by atoms with E-state index in [4.69, 9.17) is 21.1 Å². The van der Waals surface area contributed by atoms with Crippen molar-refractivity contribution in [2.24, 2.45) is 0 Å². The summed E-state index contributed by atoms with van der Waals surface area (Å²) in [4.78, 5) is 22.2. The molecule has 0 bridgehead atoms. The van der Waals surface area contributed by atoms with Crippen molar-refractivity contribution in [2.75, 3.05) is 13.2 Å². The van der Waals surface area contributed by atoms with Crippen LogP contribution in [0.1, 0.15) is 15.9 Å². The molecule has 0 aliphatic rings. The number of carbonyl (C=O) groups excluding carboxylic acids is 1. The van der Waals surface area contributed by atoms with Crippen molar-refractivity contribution in [2.45, 2.75) is 6.92 Å². The number of nitrogens with zero attached hydrogens (tertiary/aromatic N) is 1. The molecule has 0 atom stereocenters. The van der Waals surface area contributed by atoms with E-state index in [0.29, 0.717) is 5.75 Å². The van der Waals surface area contributed by atoms with Crippen LogP contribution in [0.5, 0.6) is 5.75 Å². The Morgan fingerprint density at radius 1 is 1.17 bits per heavy atom. The summed E-state index contributed by atoms with van der Waals surface area (Å²) in [6, 6.07) is 11.1. The van der Waals surface area contributed by atoms with Gasteiger partial charge in [0.15, 0.2) is 0 Å². The van der Waals surface area contributed by atoms with Gasteiger partial charge in [0.05, 0.1) is 4.92 Å². The SMILES string of the molecule is Cc1ccc(OCCOC(=O)c2cc(Cl)ccc2[N+](=O)[O-])cc1. The van der Waals surface area contributed by atoms with Crippen molar-refractivity contribution < 1.29 is 19.2 Å². The number of carbonyl (C=O) groups is 1. The smallest absolute Gasteiger partial charge is 0.345 e.